The first-order chi connectivity index (χ1) is 11.7. The van der Waals surface area contributed by atoms with Crippen LogP contribution in [0, 0.1) is 0 Å². The number of imidazole rings is 1. The molecule has 3 heterocycles. The van der Waals surface area contributed by atoms with Crippen molar-refractivity contribution in [2.45, 2.75) is 10.9 Å². The second kappa shape index (κ2) is 6.54. The van der Waals surface area contributed by atoms with E-state index in [0.29, 0.717) is 10.7 Å². The number of benzene rings is 1. The molecule has 0 fully saturated rings. The fraction of sp³-hybridized carbons (Fsp3) is 0.0625. The highest BCUT2D eigenvalue weighted by Gasteiger charge is 2.07. The number of thiazole rings is 1. The Morgan fingerprint density at radius 2 is 2.12 bits per heavy atom. The standard InChI is InChI=1S/C16H11BrN4OS2/c17-11-3-1-10(2-4-11)13-8-18-15(20-13)24-9-12-7-14(22)21-5-6-23-16(21)19-12/h1-8H,9H2,(H,18,20). The molecule has 8 heteroatoms. The van der Waals surface area contributed by atoms with Gasteiger partial charge in [0.15, 0.2) is 10.1 Å². The van der Waals surface area contributed by atoms with Gasteiger partial charge in [0, 0.05) is 27.9 Å². The Hall–Kier alpha value is -1.90. The number of nitrogens with one attached hydrogen (secondary N) is 1. The molecule has 0 spiro atoms. The van der Waals surface area contributed by atoms with Gasteiger partial charge in [0.2, 0.25) is 0 Å². The van der Waals surface area contributed by atoms with Crippen LogP contribution in [0.25, 0.3) is 16.2 Å². The first-order valence-corrected chi connectivity index (χ1v) is 9.74. The molecule has 0 aliphatic heterocycles. The number of halogens is 1. The fourth-order valence-corrected chi connectivity index (χ4v) is 4.00. The molecule has 1 aromatic carbocycles. The molecule has 0 unspecified atom stereocenters. The summed E-state index contributed by atoms with van der Waals surface area (Å²) in [4.78, 5) is 24.9. The van der Waals surface area contributed by atoms with Crippen molar-refractivity contribution in [3.63, 3.8) is 0 Å². The molecular weight excluding hydrogens is 408 g/mol. The maximum atomic E-state index is 12.0. The molecule has 4 aromatic rings. The van der Waals surface area contributed by atoms with E-state index in [2.05, 4.69) is 30.9 Å². The zero-order chi connectivity index (χ0) is 16.5. The van der Waals surface area contributed by atoms with Crippen LogP contribution in [-0.4, -0.2) is 19.4 Å². The van der Waals surface area contributed by atoms with Crippen molar-refractivity contribution in [3.05, 3.63) is 68.6 Å². The van der Waals surface area contributed by atoms with Crippen molar-refractivity contribution in [3.8, 4) is 11.3 Å². The predicted octanol–water partition coefficient (Wildman–Crippen LogP) is 4.20. The minimum absolute atomic E-state index is 0.0492. The second-order valence-electron chi connectivity index (χ2n) is 5.04. The molecule has 24 heavy (non-hydrogen) atoms. The maximum absolute atomic E-state index is 12.0. The summed E-state index contributed by atoms with van der Waals surface area (Å²) < 4.78 is 2.60. The molecule has 0 aliphatic rings. The Balaban J connectivity index is 1.51. The van der Waals surface area contributed by atoms with Gasteiger partial charge in [0.1, 0.15) is 0 Å². The molecule has 5 nitrogen and oxygen atoms in total. The Morgan fingerprint density at radius 1 is 1.29 bits per heavy atom. The molecular formula is C16H11BrN4OS2. The summed E-state index contributed by atoms with van der Waals surface area (Å²) in [5.41, 5.74) is 2.75. The van der Waals surface area contributed by atoms with E-state index in [-0.39, 0.29) is 5.56 Å². The predicted molar refractivity (Wildman–Crippen MR) is 101 cm³/mol. The topological polar surface area (TPSA) is 63.0 Å². The number of aromatic nitrogens is 4. The monoisotopic (exact) mass is 418 g/mol. The van der Waals surface area contributed by atoms with E-state index < -0.39 is 0 Å². The first-order valence-electron chi connectivity index (χ1n) is 7.08. The maximum Gasteiger partial charge on any atom is 0.258 e. The van der Waals surface area contributed by atoms with E-state index in [0.717, 1.165) is 26.6 Å². The van der Waals surface area contributed by atoms with Crippen LogP contribution in [0.1, 0.15) is 5.69 Å². The number of thioether (sulfide) groups is 1. The molecule has 0 saturated carbocycles. The van der Waals surface area contributed by atoms with Gasteiger partial charge in [-0.3, -0.25) is 9.20 Å². The summed E-state index contributed by atoms with van der Waals surface area (Å²) in [6, 6.07) is 9.62. The molecule has 0 saturated heterocycles. The van der Waals surface area contributed by atoms with Crippen LogP contribution >= 0.6 is 39.0 Å². The van der Waals surface area contributed by atoms with Crippen LogP contribution in [-0.2, 0) is 5.75 Å². The van der Waals surface area contributed by atoms with E-state index >= 15 is 0 Å². The van der Waals surface area contributed by atoms with Gasteiger partial charge in [0.25, 0.3) is 5.56 Å². The molecule has 4 rings (SSSR count). The molecule has 0 aliphatic carbocycles. The first kappa shape index (κ1) is 15.6. The van der Waals surface area contributed by atoms with Crippen LogP contribution in [0.2, 0.25) is 0 Å². The van der Waals surface area contributed by atoms with Crippen LogP contribution < -0.4 is 5.56 Å². The quantitative estimate of drug-likeness (QED) is 0.504. The van der Waals surface area contributed by atoms with Gasteiger partial charge < -0.3 is 4.98 Å². The minimum Gasteiger partial charge on any atom is -0.333 e. The largest absolute Gasteiger partial charge is 0.333 e. The van der Waals surface area contributed by atoms with Gasteiger partial charge in [-0.25, -0.2) is 9.97 Å². The van der Waals surface area contributed by atoms with Crippen molar-refractivity contribution in [1.82, 2.24) is 19.4 Å². The Kier molecular flexibility index (Phi) is 4.26. The summed E-state index contributed by atoms with van der Waals surface area (Å²) in [5, 5.41) is 2.67. The van der Waals surface area contributed by atoms with Gasteiger partial charge in [-0.2, -0.15) is 0 Å². The lowest BCUT2D eigenvalue weighted by molar-refractivity contribution is 1.03. The average molecular weight is 419 g/mol. The molecule has 3 aromatic heterocycles. The Bertz CT molecular complexity index is 1050. The number of hydrogen-bond acceptors (Lipinski definition) is 5. The lowest BCUT2D eigenvalue weighted by Gasteiger charge is -2.00. The molecule has 1 N–H and O–H groups in total. The molecule has 0 bridgehead atoms. The molecule has 0 radical (unpaired) electrons. The van der Waals surface area contributed by atoms with Crippen molar-refractivity contribution in [1.29, 1.82) is 0 Å². The smallest absolute Gasteiger partial charge is 0.258 e. The third-order valence-electron chi connectivity index (χ3n) is 3.42. The zero-order valence-corrected chi connectivity index (χ0v) is 15.5. The highest BCUT2D eigenvalue weighted by atomic mass is 79.9. The molecule has 0 atom stereocenters. The molecule has 120 valence electrons. The van der Waals surface area contributed by atoms with Crippen LogP contribution in [0.15, 0.2) is 62.5 Å². The van der Waals surface area contributed by atoms with Gasteiger partial charge in [-0.05, 0) is 17.7 Å². The van der Waals surface area contributed by atoms with Crippen LogP contribution in [0.4, 0.5) is 0 Å². The SMILES string of the molecule is O=c1cc(CSc2ncc(-c3ccc(Br)cc3)[nH]2)nc2sccn12. The summed E-state index contributed by atoms with van der Waals surface area (Å²) in [6.07, 6.45) is 3.56. The van der Waals surface area contributed by atoms with Gasteiger partial charge in [-0.15, -0.1) is 11.3 Å². The fourth-order valence-electron chi connectivity index (χ4n) is 2.26. The summed E-state index contributed by atoms with van der Waals surface area (Å²) >= 11 is 6.42. The zero-order valence-electron chi connectivity index (χ0n) is 12.3. The van der Waals surface area contributed by atoms with Crippen LogP contribution in [0.3, 0.4) is 0 Å². The van der Waals surface area contributed by atoms with Crippen molar-refractivity contribution < 1.29 is 0 Å². The van der Waals surface area contributed by atoms with E-state index in [1.165, 1.54) is 23.1 Å². The highest BCUT2D eigenvalue weighted by Crippen LogP contribution is 2.24. The van der Waals surface area contributed by atoms with E-state index in [4.69, 9.17) is 0 Å². The summed E-state index contributed by atoms with van der Waals surface area (Å²) in [7, 11) is 0. The van der Waals surface area contributed by atoms with E-state index in [1.54, 1.807) is 16.7 Å². The lowest BCUT2D eigenvalue weighted by atomic mass is 10.2. The summed E-state index contributed by atoms with van der Waals surface area (Å²) in [6.45, 7) is 0. The lowest BCUT2D eigenvalue weighted by Crippen LogP contribution is -2.12. The van der Waals surface area contributed by atoms with E-state index in [1.807, 2.05) is 35.8 Å². The number of hydrogen-bond donors (Lipinski definition) is 1. The van der Waals surface area contributed by atoms with Crippen molar-refractivity contribution >= 4 is 44.0 Å². The normalized spacial score (nSPS) is 11.2. The second-order valence-corrected chi connectivity index (χ2v) is 7.79. The number of fused-ring (bicyclic) bond motifs is 1. The summed E-state index contributed by atoms with van der Waals surface area (Å²) in [5.74, 6) is 0.594. The average Bonchev–Trinajstić information content (AvgIpc) is 3.23. The van der Waals surface area contributed by atoms with Gasteiger partial charge >= 0.3 is 0 Å². The third-order valence-corrected chi connectivity index (χ3v) is 5.63. The Labute approximate surface area is 153 Å². The molecule has 0 amide bonds. The number of H-pyrrole nitrogens is 1. The van der Waals surface area contributed by atoms with Crippen molar-refractivity contribution in [2.24, 2.45) is 0 Å². The minimum atomic E-state index is -0.0492. The van der Waals surface area contributed by atoms with Crippen LogP contribution in [0.5, 0.6) is 0 Å². The van der Waals surface area contributed by atoms with Gasteiger partial charge in [0.05, 0.1) is 17.6 Å². The van der Waals surface area contributed by atoms with Gasteiger partial charge in [-0.1, -0.05) is 39.8 Å². The Morgan fingerprint density at radius 3 is 2.96 bits per heavy atom. The number of nitrogens with zero attached hydrogens (tertiary/aromatic N) is 3. The number of rotatable bonds is 4. The number of aromatic amines is 1. The third kappa shape index (κ3) is 3.17. The van der Waals surface area contributed by atoms with E-state index in [9.17, 15) is 4.79 Å². The van der Waals surface area contributed by atoms with Crippen molar-refractivity contribution in [2.75, 3.05) is 0 Å². The highest BCUT2D eigenvalue weighted by molar-refractivity contribution is 9.10.